The average molecular weight is 185 g/mol. The van der Waals surface area contributed by atoms with Crippen molar-refractivity contribution >= 4 is 17.4 Å². The summed E-state index contributed by atoms with van der Waals surface area (Å²) in [6, 6.07) is 3.14. The lowest BCUT2D eigenvalue weighted by Gasteiger charge is -1.91. The molecule has 0 aromatic carbocycles. The van der Waals surface area contributed by atoms with E-state index in [0.29, 0.717) is 18.6 Å². The minimum absolute atomic E-state index is 0.0400. The first-order valence-electron chi connectivity index (χ1n) is 3.63. The van der Waals surface area contributed by atoms with Gasteiger partial charge in [0.05, 0.1) is 0 Å². The topological polar surface area (TPSA) is 30.2 Å². The van der Waals surface area contributed by atoms with Crippen LogP contribution in [0.3, 0.4) is 0 Å². The summed E-state index contributed by atoms with van der Waals surface area (Å²) in [5.74, 6) is 0.281. The molecule has 0 N–H and O–H groups in total. The molecule has 1 rings (SSSR count). The van der Waals surface area contributed by atoms with E-state index in [0.717, 1.165) is 0 Å². The molecule has 0 atom stereocenters. The summed E-state index contributed by atoms with van der Waals surface area (Å²) in [6.07, 6.45) is 2.78. The average Bonchev–Trinajstić information content (AvgIpc) is 2.47. The first-order chi connectivity index (χ1) is 5.74. The van der Waals surface area contributed by atoms with Crippen LogP contribution in [0.4, 0.5) is 0 Å². The van der Waals surface area contributed by atoms with Crippen LogP contribution in [0.5, 0.6) is 0 Å². The highest BCUT2D eigenvalue weighted by atomic mass is 35.5. The molecule has 12 heavy (non-hydrogen) atoms. The zero-order chi connectivity index (χ0) is 8.97. The Hall–Kier alpha value is -1.02. The van der Waals surface area contributed by atoms with E-state index >= 15 is 0 Å². The Labute approximate surface area is 75.8 Å². The van der Waals surface area contributed by atoms with Crippen LogP contribution >= 0.6 is 11.6 Å². The van der Waals surface area contributed by atoms with Gasteiger partial charge in [-0.05, 0) is 30.2 Å². The first kappa shape index (κ1) is 9.07. The van der Waals surface area contributed by atoms with Crippen LogP contribution in [0.2, 0.25) is 5.22 Å². The Morgan fingerprint density at radius 2 is 2.42 bits per heavy atom. The van der Waals surface area contributed by atoms with Crippen LogP contribution in [0.25, 0.3) is 0 Å². The fourth-order valence-electron chi connectivity index (χ4n) is 0.821. The van der Waals surface area contributed by atoms with Crippen LogP contribution in [0, 0.1) is 0 Å². The zero-order valence-corrected chi connectivity index (χ0v) is 7.30. The van der Waals surface area contributed by atoms with E-state index in [9.17, 15) is 4.79 Å². The molecule has 0 aliphatic carbocycles. The first-order valence-corrected chi connectivity index (χ1v) is 4.01. The van der Waals surface area contributed by atoms with E-state index in [-0.39, 0.29) is 11.0 Å². The van der Waals surface area contributed by atoms with Crippen LogP contribution < -0.4 is 0 Å². The summed E-state index contributed by atoms with van der Waals surface area (Å²) < 4.78 is 4.92. The molecular weight excluding hydrogens is 176 g/mol. The monoisotopic (exact) mass is 184 g/mol. The number of hydrogen-bond acceptors (Lipinski definition) is 2. The van der Waals surface area contributed by atoms with Gasteiger partial charge in [0.15, 0.2) is 16.8 Å². The van der Waals surface area contributed by atoms with Crippen molar-refractivity contribution in [2.75, 3.05) is 0 Å². The Morgan fingerprint density at radius 3 is 2.92 bits per heavy atom. The molecule has 0 aliphatic rings. The number of furan rings is 1. The van der Waals surface area contributed by atoms with Crippen LogP contribution in [-0.2, 0) is 0 Å². The van der Waals surface area contributed by atoms with Crippen LogP contribution in [-0.4, -0.2) is 5.78 Å². The van der Waals surface area contributed by atoms with Crippen LogP contribution in [0.15, 0.2) is 29.2 Å². The second-order valence-corrected chi connectivity index (χ2v) is 2.73. The highest BCUT2D eigenvalue weighted by Gasteiger charge is 2.08. The van der Waals surface area contributed by atoms with Gasteiger partial charge in [-0.15, -0.1) is 6.58 Å². The maximum absolute atomic E-state index is 11.2. The number of carbonyl (C=O) groups is 1. The molecule has 1 heterocycles. The number of allylic oxidation sites excluding steroid dienone is 1. The molecule has 0 radical (unpaired) electrons. The molecule has 0 amide bonds. The Morgan fingerprint density at radius 1 is 1.67 bits per heavy atom. The molecular formula is C9H9ClO2. The Balaban J connectivity index is 2.59. The standard InChI is InChI=1S/C9H9ClO2/c1-2-3-4-7(11)8-5-6-9(10)12-8/h2,5-6H,1,3-4H2. The number of rotatable bonds is 4. The molecule has 2 nitrogen and oxygen atoms in total. The number of Topliss-reactive ketones (excluding diaryl/α,β-unsaturated/α-hetero) is 1. The lowest BCUT2D eigenvalue weighted by atomic mass is 10.2. The third-order valence-electron chi connectivity index (χ3n) is 1.42. The van der Waals surface area contributed by atoms with E-state index in [1.54, 1.807) is 18.2 Å². The second-order valence-electron chi connectivity index (χ2n) is 2.35. The third kappa shape index (κ3) is 2.24. The van der Waals surface area contributed by atoms with Crippen molar-refractivity contribution in [1.29, 1.82) is 0 Å². The van der Waals surface area contributed by atoms with Crippen molar-refractivity contribution < 1.29 is 9.21 Å². The van der Waals surface area contributed by atoms with Gasteiger partial charge in [-0.25, -0.2) is 0 Å². The van der Waals surface area contributed by atoms with Crippen molar-refractivity contribution in [2.45, 2.75) is 12.8 Å². The molecule has 3 heteroatoms. The van der Waals surface area contributed by atoms with E-state index in [1.165, 1.54) is 0 Å². The van der Waals surface area contributed by atoms with Gasteiger partial charge >= 0.3 is 0 Å². The SMILES string of the molecule is C=CCCC(=O)c1ccc(Cl)o1. The Bertz CT molecular complexity index is 288. The molecule has 0 bridgehead atoms. The van der Waals surface area contributed by atoms with E-state index in [4.69, 9.17) is 16.0 Å². The molecule has 0 fully saturated rings. The van der Waals surface area contributed by atoms with E-state index in [1.807, 2.05) is 0 Å². The van der Waals surface area contributed by atoms with Crippen molar-refractivity contribution in [3.8, 4) is 0 Å². The minimum Gasteiger partial charge on any atom is -0.442 e. The normalized spacial score (nSPS) is 9.75. The van der Waals surface area contributed by atoms with Gasteiger partial charge in [0.25, 0.3) is 0 Å². The summed E-state index contributed by atoms with van der Waals surface area (Å²) >= 11 is 5.50. The molecule has 64 valence electrons. The van der Waals surface area contributed by atoms with Gasteiger partial charge in [-0.1, -0.05) is 6.08 Å². The van der Waals surface area contributed by atoms with Gasteiger partial charge in [-0.2, -0.15) is 0 Å². The minimum atomic E-state index is -0.0400. The fraction of sp³-hybridized carbons (Fsp3) is 0.222. The fourth-order valence-corrected chi connectivity index (χ4v) is 0.967. The van der Waals surface area contributed by atoms with Crippen molar-refractivity contribution in [2.24, 2.45) is 0 Å². The van der Waals surface area contributed by atoms with Gasteiger partial charge < -0.3 is 4.42 Å². The summed E-state index contributed by atoms with van der Waals surface area (Å²) in [5, 5.41) is 0.247. The Kier molecular flexibility index (Phi) is 3.11. The van der Waals surface area contributed by atoms with Crippen molar-refractivity contribution in [1.82, 2.24) is 0 Å². The molecule has 0 aliphatic heterocycles. The van der Waals surface area contributed by atoms with Gasteiger partial charge in [0.2, 0.25) is 0 Å². The number of hydrogen-bond donors (Lipinski definition) is 0. The molecule has 1 aromatic rings. The van der Waals surface area contributed by atoms with Gasteiger partial charge in [0, 0.05) is 6.42 Å². The van der Waals surface area contributed by atoms with Gasteiger partial charge in [-0.3, -0.25) is 4.79 Å². The van der Waals surface area contributed by atoms with Crippen molar-refractivity contribution in [3.63, 3.8) is 0 Å². The van der Waals surface area contributed by atoms with Crippen molar-refractivity contribution in [3.05, 3.63) is 35.8 Å². The van der Waals surface area contributed by atoms with Crippen LogP contribution in [0.1, 0.15) is 23.4 Å². The summed E-state index contributed by atoms with van der Waals surface area (Å²) in [6.45, 7) is 3.52. The highest BCUT2D eigenvalue weighted by molar-refractivity contribution is 6.29. The smallest absolute Gasteiger partial charge is 0.198 e. The van der Waals surface area contributed by atoms with E-state index in [2.05, 4.69) is 6.58 Å². The molecule has 1 aromatic heterocycles. The predicted molar refractivity (Wildman–Crippen MR) is 47.5 cm³/mol. The maximum atomic E-state index is 11.2. The number of carbonyl (C=O) groups excluding carboxylic acids is 1. The second kappa shape index (κ2) is 4.12. The van der Waals surface area contributed by atoms with E-state index < -0.39 is 0 Å². The lowest BCUT2D eigenvalue weighted by molar-refractivity contribution is 0.0957. The predicted octanol–water partition coefficient (Wildman–Crippen LogP) is 3.08. The lowest BCUT2D eigenvalue weighted by Crippen LogP contribution is -1.94. The number of ketones is 1. The molecule has 0 saturated heterocycles. The number of halogens is 1. The molecule has 0 unspecified atom stereocenters. The summed E-state index contributed by atoms with van der Waals surface area (Å²) in [5.41, 5.74) is 0. The summed E-state index contributed by atoms with van der Waals surface area (Å²) in [4.78, 5) is 11.2. The molecule has 0 spiro atoms. The highest BCUT2D eigenvalue weighted by Crippen LogP contribution is 2.15. The molecule has 0 saturated carbocycles. The van der Waals surface area contributed by atoms with Gasteiger partial charge in [0.1, 0.15) is 0 Å². The quantitative estimate of drug-likeness (QED) is 0.532. The zero-order valence-electron chi connectivity index (χ0n) is 6.55. The largest absolute Gasteiger partial charge is 0.442 e. The third-order valence-corrected chi connectivity index (χ3v) is 1.63. The summed E-state index contributed by atoms with van der Waals surface area (Å²) in [7, 11) is 0. The maximum Gasteiger partial charge on any atom is 0.198 e.